The molecule has 0 aliphatic heterocycles. The lowest BCUT2D eigenvalue weighted by atomic mass is 9.82. The molecule has 21 heavy (non-hydrogen) atoms. The van der Waals surface area contributed by atoms with Gasteiger partial charge in [0.2, 0.25) is 10.0 Å². The van der Waals surface area contributed by atoms with E-state index in [0.29, 0.717) is 10.8 Å². The van der Waals surface area contributed by atoms with Gasteiger partial charge in [0.05, 0.1) is 4.90 Å². The van der Waals surface area contributed by atoms with Crippen molar-refractivity contribution >= 4 is 15.7 Å². The molecular formula is C16H26N2O2S. The van der Waals surface area contributed by atoms with E-state index in [1.54, 1.807) is 12.1 Å². The van der Waals surface area contributed by atoms with Gasteiger partial charge in [0.1, 0.15) is 0 Å². The first-order valence-electron chi connectivity index (χ1n) is 7.70. The first-order chi connectivity index (χ1) is 9.92. The summed E-state index contributed by atoms with van der Waals surface area (Å²) in [5.74, 6) is 1.50. The Morgan fingerprint density at radius 2 is 2.05 bits per heavy atom. The second-order valence-corrected chi connectivity index (χ2v) is 8.09. The average molecular weight is 310 g/mol. The maximum atomic E-state index is 11.9. The van der Waals surface area contributed by atoms with Crippen molar-refractivity contribution in [3.63, 3.8) is 0 Å². The number of sulfonamides is 1. The van der Waals surface area contributed by atoms with E-state index in [4.69, 9.17) is 0 Å². The van der Waals surface area contributed by atoms with Crippen LogP contribution in [0.4, 0.5) is 5.69 Å². The maximum absolute atomic E-state index is 11.9. The minimum atomic E-state index is -3.38. The quantitative estimate of drug-likeness (QED) is 0.878. The molecule has 2 rings (SSSR count). The van der Waals surface area contributed by atoms with Crippen LogP contribution in [0.3, 0.4) is 0 Å². The Morgan fingerprint density at radius 3 is 2.71 bits per heavy atom. The summed E-state index contributed by atoms with van der Waals surface area (Å²) < 4.78 is 26.1. The Kier molecular flexibility index (Phi) is 5.27. The summed E-state index contributed by atoms with van der Waals surface area (Å²) in [4.78, 5) is 0.315. The second-order valence-electron chi connectivity index (χ2n) is 6.20. The van der Waals surface area contributed by atoms with Crippen LogP contribution in [0.5, 0.6) is 0 Å². The van der Waals surface area contributed by atoms with E-state index in [0.717, 1.165) is 23.7 Å². The highest BCUT2D eigenvalue weighted by atomic mass is 32.2. The zero-order valence-electron chi connectivity index (χ0n) is 13.1. The SMILES string of the molecule is CNS(=O)(=O)c1ccc(C)c(NCC2CCCC(C)C2)c1. The highest BCUT2D eigenvalue weighted by Gasteiger charge is 2.19. The molecule has 0 spiro atoms. The van der Waals surface area contributed by atoms with Crippen molar-refractivity contribution in [3.8, 4) is 0 Å². The molecule has 5 heteroatoms. The van der Waals surface area contributed by atoms with Gasteiger partial charge in [-0.3, -0.25) is 0 Å². The molecular weight excluding hydrogens is 284 g/mol. The first kappa shape index (κ1) is 16.3. The normalized spacial score (nSPS) is 23.0. The van der Waals surface area contributed by atoms with Crippen molar-refractivity contribution in [3.05, 3.63) is 23.8 Å². The van der Waals surface area contributed by atoms with E-state index in [-0.39, 0.29) is 0 Å². The van der Waals surface area contributed by atoms with Crippen molar-refractivity contribution in [1.29, 1.82) is 0 Å². The molecule has 0 bridgehead atoms. The van der Waals surface area contributed by atoms with Crippen LogP contribution in [0, 0.1) is 18.8 Å². The molecule has 2 atom stereocenters. The van der Waals surface area contributed by atoms with Crippen molar-refractivity contribution in [2.45, 2.75) is 44.4 Å². The lowest BCUT2D eigenvalue weighted by molar-refractivity contribution is 0.293. The Balaban J connectivity index is 2.07. The number of aryl methyl sites for hydroxylation is 1. The fourth-order valence-corrected chi connectivity index (χ4v) is 3.83. The molecule has 2 unspecified atom stereocenters. The van der Waals surface area contributed by atoms with Gasteiger partial charge in [-0.2, -0.15) is 0 Å². The molecule has 0 aromatic heterocycles. The highest BCUT2D eigenvalue weighted by Crippen LogP contribution is 2.29. The number of hydrogen-bond donors (Lipinski definition) is 2. The lowest BCUT2D eigenvalue weighted by Crippen LogP contribution is -2.22. The van der Waals surface area contributed by atoms with Gasteiger partial charge in [-0.05, 0) is 56.3 Å². The molecule has 1 fully saturated rings. The number of hydrogen-bond acceptors (Lipinski definition) is 3. The molecule has 0 heterocycles. The van der Waals surface area contributed by atoms with Gasteiger partial charge in [-0.25, -0.2) is 13.1 Å². The zero-order valence-corrected chi connectivity index (χ0v) is 14.0. The van der Waals surface area contributed by atoms with E-state index in [2.05, 4.69) is 17.0 Å². The fourth-order valence-electron chi connectivity index (χ4n) is 3.08. The lowest BCUT2D eigenvalue weighted by Gasteiger charge is -2.27. The monoisotopic (exact) mass is 310 g/mol. The standard InChI is InChI=1S/C16H26N2O2S/c1-12-5-4-6-14(9-12)11-18-16-10-15(8-7-13(16)2)21(19,20)17-3/h7-8,10,12,14,17-18H,4-6,9,11H2,1-3H3. The van der Waals surface area contributed by atoms with Crippen LogP contribution in [0.2, 0.25) is 0 Å². The van der Waals surface area contributed by atoms with Crippen molar-refractivity contribution in [2.75, 3.05) is 18.9 Å². The predicted octanol–water partition coefficient (Wildman–Crippen LogP) is 3.14. The summed E-state index contributed by atoms with van der Waals surface area (Å²) in [6, 6.07) is 5.23. The summed E-state index contributed by atoms with van der Waals surface area (Å²) in [6.45, 7) is 5.24. The van der Waals surface area contributed by atoms with E-state index in [1.807, 2.05) is 13.0 Å². The van der Waals surface area contributed by atoms with Crippen LogP contribution in [-0.2, 0) is 10.0 Å². The molecule has 1 aliphatic rings. The Bertz CT molecular complexity index is 584. The van der Waals surface area contributed by atoms with Crippen LogP contribution in [0.25, 0.3) is 0 Å². The second kappa shape index (κ2) is 6.79. The molecule has 1 aromatic rings. The van der Waals surface area contributed by atoms with Crippen LogP contribution < -0.4 is 10.0 Å². The summed E-state index contributed by atoms with van der Waals surface area (Å²) in [5, 5.41) is 3.45. The molecule has 4 nitrogen and oxygen atoms in total. The van der Waals surface area contributed by atoms with Crippen LogP contribution in [0.1, 0.15) is 38.2 Å². The summed E-state index contributed by atoms with van der Waals surface area (Å²) in [7, 11) is -1.94. The molecule has 1 aromatic carbocycles. The summed E-state index contributed by atoms with van der Waals surface area (Å²) in [6.07, 6.45) is 5.18. The minimum Gasteiger partial charge on any atom is -0.385 e. The van der Waals surface area contributed by atoms with Gasteiger partial charge in [0.25, 0.3) is 0 Å². The van der Waals surface area contributed by atoms with Gasteiger partial charge in [-0.1, -0.05) is 25.8 Å². The smallest absolute Gasteiger partial charge is 0.240 e. The molecule has 1 aliphatic carbocycles. The van der Waals surface area contributed by atoms with Gasteiger partial charge in [0, 0.05) is 12.2 Å². The molecule has 2 N–H and O–H groups in total. The summed E-state index contributed by atoms with van der Waals surface area (Å²) in [5.41, 5.74) is 2.00. The van der Waals surface area contributed by atoms with Gasteiger partial charge in [-0.15, -0.1) is 0 Å². The molecule has 118 valence electrons. The van der Waals surface area contributed by atoms with E-state index >= 15 is 0 Å². The average Bonchev–Trinajstić information content (AvgIpc) is 2.46. The van der Waals surface area contributed by atoms with Crippen molar-refractivity contribution in [1.82, 2.24) is 4.72 Å². The molecule has 0 radical (unpaired) electrons. The molecule has 0 saturated heterocycles. The maximum Gasteiger partial charge on any atom is 0.240 e. The third-order valence-electron chi connectivity index (χ3n) is 4.41. The number of rotatable bonds is 5. The zero-order chi connectivity index (χ0) is 15.5. The van der Waals surface area contributed by atoms with Crippen molar-refractivity contribution < 1.29 is 8.42 Å². The topological polar surface area (TPSA) is 58.2 Å². The van der Waals surface area contributed by atoms with Crippen LogP contribution in [-0.4, -0.2) is 22.0 Å². The minimum absolute atomic E-state index is 0.315. The molecule has 0 amide bonds. The molecule has 1 saturated carbocycles. The van der Waals surface area contributed by atoms with Crippen LogP contribution >= 0.6 is 0 Å². The third kappa shape index (κ3) is 4.20. The van der Waals surface area contributed by atoms with E-state index in [9.17, 15) is 8.42 Å². The Morgan fingerprint density at radius 1 is 1.29 bits per heavy atom. The van der Waals surface area contributed by atoms with Gasteiger partial charge >= 0.3 is 0 Å². The van der Waals surface area contributed by atoms with Gasteiger partial charge < -0.3 is 5.32 Å². The van der Waals surface area contributed by atoms with Gasteiger partial charge in [0.15, 0.2) is 0 Å². The van der Waals surface area contributed by atoms with Crippen molar-refractivity contribution in [2.24, 2.45) is 11.8 Å². The number of anilines is 1. The Hall–Kier alpha value is -1.07. The number of nitrogens with one attached hydrogen (secondary N) is 2. The van der Waals surface area contributed by atoms with E-state index < -0.39 is 10.0 Å². The fraction of sp³-hybridized carbons (Fsp3) is 0.625. The first-order valence-corrected chi connectivity index (χ1v) is 9.18. The van der Waals surface area contributed by atoms with E-state index in [1.165, 1.54) is 32.7 Å². The van der Waals surface area contributed by atoms with Crippen LogP contribution in [0.15, 0.2) is 23.1 Å². The largest absolute Gasteiger partial charge is 0.385 e. The third-order valence-corrected chi connectivity index (χ3v) is 5.83. The Labute approximate surface area is 128 Å². The predicted molar refractivity (Wildman–Crippen MR) is 87.0 cm³/mol. The summed E-state index contributed by atoms with van der Waals surface area (Å²) >= 11 is 0. The number of benzene rings is 1. The highest BCUT2D eigenvalue weighted by molar-refractivity contribution is 7.89.